The van der Waals surface area contributed by atoms with Gasteiger partial charge in [0.05, 0.1) is 12.0 Å². The number of nitrogens with one attached hydrogen (secondary N) is 2. The van der Waals surface area contributed by atoms with Gasteiger partial charge in [0.1, 0.15) is 12.1 Å². The van der Waals surface area contributed by atoms with Gasteiger partial charge in [-0.15, -0.1) is 0 Å². The number of rotatable bonds is 5. The van der Waals surface area contributed by atoms with E-state index in [0.29, 0.717) is 12.8 Å². The van der Waals surface area contributed by atoms with Crippen LogP contribution in [0.3, 0.4) is 0 Å². The summed E-state index contributed by atoms with van der Waals surface area (Å²) >= 11 is 0. The zero-order chi connectivity index (χ0) is 20.5. The molecular weight excluding hydrogens is 380 g/mol. The van der Waals surface area contributed by atoms with E-state index in [0.717, 1.165) is 13.8 Å². The fraction of sp³-hybridized carbons (Fsp3) is 0.667. The number of aliphatic hydroxyl groups excluding tert-OH is 1. The van der Waals surface area contributed by atoms with Gasteiger partial charge in [-0.3, -0.25) is 0 Å². The van der Waals surface area contributed by atoms with E-state index in [1.54, 1.807) is 0 Å². The summed E-state index contributed by atoms with van der Waals surface area (Å²) in [7, 11) is 0. The topological polar surface area (TPSA) is 83.0 Å². The highest BCUT2D eigenvalue weighted by Gasteiger charge is 2.40. The minimum Gasteiger partial charge on any atom is -0.395 e. The van der Waals surface area contributed by atoms with E-state index in [-0.39, 0.29) is 12.4 Å². The van der Waals surface area contributed by atoms with Crippen LogP contribution in [-0.2, 0) is 0 Å². The van der Waals surface area contributed by atoms with E-state index in [1.165, 1.54) is 0 Å². The van der Waals surface area contributed by atoms with E-state index in [1.807, 2.05) is 10.6 Å². The van der Waals surface area contributed by atoms with Gasteiger partial charge in [0.2, 0.25) is 17.7 Å². The summed E-state index contributed by atoms with van der Waals surface area (Å²) in [6.07, 6.45) is -7.96. The number of nitrogens with zero attached hydrogens (tertiary/aromatic N) is 3. The van der Waals surface area contributed by atoms with Crippen LogP contribution in [0, 0.1) is 17.3 Å². The van der Waals surface area contributed by atoms with Crippen LogP contribution in [-0.4, -0.2) is 51.1 Å². The molecule has 3 N–H and O–H groups in total. The van der Waals surface area contributed by atoms with E-state index >= 15 is 0 Å². The smallest absolute Gasteiger partial charge is 0.395 e. The Morgan fingerprint density at radius 2 is 1.41 bits per heavy atom. The largest absolute Gasteiger partial charge is 0.408 e. The molecule has 0 radical (unpaired) electrons. The Balaban J connectivity index is 2.32. The molecular formula is C15H17F6N5O. The standard InChI is InChI=1S/C15H17F6N5O/c1-8(14(16,17)18)22-11-24-10(3-4-13(7-27)5-6-13)25-12(26-11)23-9(2)15(19,20)21/h8-9,27H,5-7H2,1-2H3,(H2,22,23,24,25,26)/t8-,9-/m1/s1. The molecule has 0 amide bonds. The van der Waals surface area contributed by atoms with Gasteiger partial charge in [0, 0.05) is 0 Å². The van der Waals surface area contributed by atoms with Crippen molar-refractivity contribution in [1.82, 2.24) is 15.0 Å². The van der Waals surface area contributed by atoms with E-state index in [4.69, 9.17) is 0 Å². The van der Waals surface area contributed by atoms with Crippen molar-refractivity contribution in [1.29, 1.82) is 0 Å². The molecule has 0 unspecified atom stereocenters. The average molecular weight is 397 g/mol. The lowest BCUT2D eigenvalue weighted by atomic mass is 10.1. The van der Waals surface area contributed by atoms with E-state index in [9.17, 15) is 31.4 Å². The maximum Gasteiger partial charge on any atom is 0.408 e. The van der Waals surface area contributed by atoms with Gasteiger partial charge in [0.25, 0.3) is 0 Å². The SMILES string of the molecule is C[C@@H](Nc1nc(C#CC2(CO)CC2)nc(N[C@H](C)C(F)(F)F)n1)C(F)(F)F. The number of hydrogen-bond donors (Lipinski definition) is 3. The Morgan fingerprint density at radius 3 is 1.74 bits per heavy atom. The molecule has 150 valence electrons. The predicted octanol–water partition coefficient (Wildman–Crippen LogP) is 2.72. The summed E-state index contributed by atoms with van der Waals surface area (Å²) in [5.41, 5.74) is -0.619. The minimum absolute atomic E-state index is 0.211. The van der Waals surface area contributed by atoms with Crippen LogP contribution in [0.15, 0.2) is 0 Å². The first-order valence-electron chi connectivity index (χ1n) is 7.91. The summed E-state index contributed by atoms with van der Waals surface area (Å²) in [6.45, 7) is 1.41. The van der Waals surface area contributed by atoms with Crippen LogP contribution in [0.4, 0.5) is 38.2 Å². The number of anilines is 2. The zero-order valence-electron chi connectivity index (χ0n) is 14.3. The first-order valence-corrected chi connectivity index (χ1v) is 7.91. The van der Waals surface area contributed by atoms with Crippen LogP contribution >= 0.6 is 0 Å². The Morgan fingerprint density at radius 1 is 0.963 bits per heavy atom. The van der Waals surface area contributed by atoms with Crippen molar-refractivity contribution in [2.45, 2.75) is 51.1 Å². The fourth-order valence-corrected chi connectivity index (χ4v) is 1.77. The Hall–Kier alpha value is -2.29. The molecule has 0 bridgehead atoms. The quantitative estimate of drug-likeness (QED) is 0.524. The van der Waals surface area contributed by atoms with E-state index in [2.05, 4.69) is 26.8 Å². The third-order valence-corrected chi connectivity index (χ3v) is 3.90. The lowest BCUT2D eigenvalue weighted by Gasteiger charge is -2.19. The summed E-state index contributed by atoms with van der Waals surface area (Å²) < 4.78 is 76.2. The van der Waals surface area contributed by atoms with Crippen LogP contribution in [0.25, 0.3) is 0 Å². The van der Waals surface area contributed by atoms with Gasteiger partial charge < -0.3 is 15.7 Å². The zero-order valence-corrected chi connectivity index (χ0v) is 14.3. The van der Waals surface area contributed by atoms with Gasteiger partial charge in [-0.2, -0.15) is 41.3 Å². The Kier molecular flexibility index (Phi) is 5.74. The molecule has 6 nitrogen and oxygen atoms in total. The monoisotopic (exact) mass is 397 g/mol. The molecule has 1 aromatic heterocycles. The molecule has 0 aromatic carbocycles. The molecule has 2 atom stereocenters. The van der Waals surface area contributed by atoms with Gasteiger partial charge in [-0.05, 0) is 32.6 Å². The second-order valence-corrected chi connectivity index (χ2v) is 6.31. The van der Waals surface area contributed by atoms with Crippen molar-refractivity contribution >= 4 is 11.9 Å². The number of aliphatic hydroxyl groups is 1. The average Bonchev–Trinajstić information content (AvgIpc) is 3.31. The Labute approximate surface area is 150 Å². The highest BCUT2D eigenvalue weighted by atomic mass is 19.4. The third-order valence-electron chi connectivity index (χ3n) is 3.90. The van der Waals surface area contributed by atoms with Crippen molar-refractivity contribution in [3.05, 3.63) is 5.82 Å². The van der Waals surface area contributed by atoms with Crippen LogP contribution in [0.1, 0.15) is 32.5 Å². The normalized spacial score (nSPS) is 18.1. The lowest BCUT2D eigenvalue weighted by molar-refractivity contribution is -0.139. The molecule has 27 heavy (non-hydrogen) atoms. The van der Waals surface area contributed by atoms with E-state index < -0.39 is 41.7 Å². The van der Waals surface area contributed by atoms with Gasteiger partial charge in [-0.25, -0.2) is 0 Å². The van der Waals surface area contributed by atoms with Crippen LogP contribution in [0.5, 0.6) is 0 Å². The summed E-state index contributed by atoms with van der Waals surface area (Å²) in [4.78, 5) is 11.0. The first kappa shape index (κ1) is 21.0. The van der Waals surface area contributed by atoms with Crippen molar-refractivity contribution in [2.24, 2.45) is 5.41 Å². The maximum atomic E-state index is 12.7. The summed E-state index contributed by atoms with van der Waals surface area (Å²) in [6, 6.07) is -4.08. The highest BCUT2D eigenvalue weighted by molar-refractivity contribution is 5.40. The molecule has 0 saturated heterocycles. The molecule has 1 aromatic rings. The van der Waals surface area contributed by atoms with Gasteiger partial charge >= 0.3 is 12.4 Å². The summed E-state index contributed by atoms with van der Waals surface area (Å²) in [5.74, 6) is 3.76. The number of hydrogen-bond acceptors (Lipinski definition) is 6. The third kappa shape index (κ3) is 5.85. The number of halogens is 6. The second kappa shape index (κ2) is 7.38. The highest BCUT2D eigenvalue weighted by Crippen LogP contribution is 2.44. The molecule has 1 aliphatic carbocycles. The minimum atomic E-state index is -4.61. The molecule has 1 aliphatic rings. The molecule has 0 aliphatic heterocycles. The van der Waals surface area contributed by atoms with Crippen LogP contribution < -0.4 is 10.6 Å². The number of alkyl halides is 6. The predicted molar refractivity (Wildman–Crippen MR) is 83.7 cm³/mol. The Bertz CT molecular complexity index is 695. The van der Waals surface area contributed by atoms with Gasteiger partial charge in [-0.1, -0.05) is 5.92 Å². The van der Waals surface area contributed by atoms with Crippen molar-refractivity contribution in [3.8, 4) is 11.8 Å². The fourth-order valence-electron chi connectivity index (χ4n) is 1.77. The maximum absolute atomic E-state index is 12.7. The van der Waals surface area contributed by atoms with Crippen molar-refractivity contribution in [3.63, 3.8) is 0 Å². The number of aromatic nitrogens is 3. The lowest BCUT2D eigenvalue weighted by Crippen LogP contribution is -2.35. The summed E-state index contributed by atoms with van der Waals surface area (Å²) in [5, 5.41) is 13.2. The van der Waals surface area contributed by atoms with Crippen LogP contribution in [0.2, 0.25) is 0 Å². The molecule has 1 heterocycles. The van der Waals surface area contributed by atoms with Crippen molar-refractivity contribution in [2.75, 3.05) is 17.2 Å². The second-order valence-electron chi connectivity index (χ2n) is 6.31. The van der Waals surface area contributed by atoms with Gasteiger partial charge in [0.15, 0.2) is 0 Å². The molecule has 2 rings (SSSR count). The first-order chi connectivity index (χ1) is 12.3. The van der Waals surface area contributed by atoms with Crippen molar-refractivity contribution < 1.29 is 31.4 Å². The molecule has 1 saturated carbocycles. The molecule has 0 spiro atoms. The molecule has 1 fully saturated rings. The molecule has 12 heteroatoms.